The standard InChI is InChI=1S/C20H32O2/c1-4-6-8-10-11-12-14-16-19-18(15-13-9-7-5-2)17(3)20(21)22-19/h4-5,18-19H,1-3,6-16H2/t18-,19-/m0/s1. The zero-order valence-corrected chi connectivity index (χ0v) is 14.0. The summed E-state index contributed by atoms with van der Waals surface area (Å²) in [5.74, 6) is 0.0581. The highest BCUT2D eigenvalue weighted by atomic mass is 16.6. The number of carbonyl (C=O) groups excluding carboxylic acids is 1. The van der Waals surface area contributed by atoms with E-state index in [0.717, 1.165) is 44.9 Å². The second kappa shape index (κ2) is 11.3. The Morgan fingerprint density at radius 2 is 1.41 bits per heavy atom. The number of cyclic esters (lactones) is 1. The first-order chi connectivity index (χ1) is 10.7. The summed E-state index contributed by atoms with van der Waals surface area (Å²) in [6.07, 6.45) is 16.6. The Morgan fingerprint density at radius 1 is 0.864 bits per heavy atom. The minimum Gasteiger partial charge on any atom is -0.458 e. The summed E-state index contributed by atoms with van der Waals surface area (Å²) in [5, 5.41) is 0. The van der Waals surface area contributed by atoms with Gasteiger partial charge in [0, 0.05) is 11.5 Å². The molecule has 1 heterocycles. The van der Waals surface area contributed by atoms with Crippen molar-refractivity contribution in [3.8, 4) is 0 Å². The highest BCUT2D eigenvalue weighted by Gasteiger charge is 2.37. The van der Waals surface area contributed by atoms with Crippen LogP contribution in [0.2, 0.25) is 0 Å². The molecule has 2 heteroatoms. The van der Waals surface area contributed by atoms with E-state index in [9.17, 15) is 4.79 Å². The molecule has 0 bridgehead atoms. The third-order valence-corrected chi connectivity index (χ3v) is 4.49. The second-order valence-electron chi connectivity index (χ2n) is 6.28. The van der Waals surface area contributed by atoms with Gasteiger partial charge >= 0.3 is 5.97 Å². The largest absolute Gasteiger partial charge is 0.458 e. The van der Waals surface area contributed by atoms with Gasteiger partial charge < -0.3 is 4.74 Å². The molecule has 1 aliphatic rings. The molecule has 2 atom stereocenters. The van der Waals surface area contributed by atoms with E-state index in [0.29, 0.717) is 5.57 Å². The normalized spacial score (nSPS) is 20.9. The van der Waals surface area contributed by atoms with E-state index < -0.39 is 0 Å². The lowest BCUT2D eigenvalue weighted by Gasteiger charge is -2.17. The molecular weight excluding hydrogens is 272 g/mol. The summed E-state index contributed by atoms with van der Waals surface area (Å²) >= 11 is 0. The van der Waals surface area contributed by atoms with Gasteiger partial charge in [-0.05, 0) is 44.9 Å². The highest BCUT2D eigenvalue weighted by molar-refractivity contribution is 5.90. The topological polar surface area (TPSA) is 26.3 Å². The summed E-state index contributed by atoms with van der Waals surface area (Å²) in [6.45, 7) is 11.4. The Morgan fingerprint density at radius 3 is 2.09 bits per heavy atom. The molecule has 0 spiro atoms. The summed E-state index contributed by atoms with van der Waals surface area (Å²) in [7, 11) is 0. The van der Waals surface area contributed by atoms with E-state index in [-0.39, 0.29) is 18.0 Å². The number of allylic oxidation sites excluding steroid dienone is 2. The van der Waals surface area contributed by atoms with Crippen LogP contribution in [0, 0.1) is 5.92 Å². The van der Waals surface area contributed by atoms with Gasteiger partial charge in [0.2, 0.25) is 0 Å². The summed E-state index contributed by atoms with van der Waals surface area (Å²) in [4.78, 5) is 11.7. The molecule has 0 aromatic rings. The average Bonchev–Trinajstić information content (AvgIpc) is 2.78. The van der Waals surface area contributed by atoms with Gasteiger partial charge in [-0.1, -0.05) is 44.4 Å². The van der Waals surface area contributed by atoms with Gasteiger partial charge in [-0.2, -0.15) is 0 Å². The van der Waals surface area contributed by atoms with Crippen LogP contribution in [0.25, 0.3) is 0 Å². The predicted molar refractivity (Wildman–Crippen MR) is 93.7 cm³/mol. The summed E-state index contributed by atoms with van der Waals surface area (Å²) in [5.41, 5.74) is 0.689. The molecule has 124 valence electrons. The van der Waals surface area contributed by atoms with Gasteiger partial charge in [0.1, 0.15) is 6.10 Å². The molecule has 22 heavy (non-hydrogen) atoms. The number of hydrogen-bond donors (Lipinski definition) is 0. The van der Waals surface area contributed by atoms with Gasteiger partial charge in [0.15, 0.2) is 0 Å². The van der Waals surface area contributed by atoms with Crippen molar-refractivity contribution in [2.75, 3.05) is 0 Å². The summed E-state index contributed by atoms with van der Waals surface area (Å²) < 4.78 is 5.52. The van der Waals surface area contributed by atoms with Crippen molar-refractivity contribution in [3.05, 3.63) is 37.5 Å². The molecule has 1 rings (SSSR count). The molecule has 0 amide bonds. The zero-order valence-electron chi connectivity index (χ0n) is 14.0. The molecule has 1 saturated heterocycles. The van der Waals surface area contributed by atoms with Crippen molar-refractivity contribution in [1.29, 1.82) is 0 Å². The quantitative estimate of drug-likeness (QED) is 0.187. The first kappa shape index (κ1) is 18.7. The predicted octanol–water partition coefficient (Wildman–Crippen LogP) is 5.75. The molecule has 0 radical (unpaired) electrons. The van der Waals surface area contributed by atoms with Crippen molar-refractivity contribution in [2.24, 2.45) is 5.92 Å². The maximum atomic E-state index is 11.7. The van der Waals surface area contributed by atoms with E-state index in [1.165, 1.54) is 25.7 Å². The fourth-order valence-electron chi connectivity index (χ4n) is 3.11. The molecular formula is C20H32O2. The first-order valence-corrected chi connectivity index (χ1v) is 8.82. The maximum Gasteiger partial charge on any atom is 0.334 e. The third kappa shape index (κ3) is 6.64. The molecule has 1 aliphatic heterocycles. The lowest BCUT2D eigenvalue weighted by Crippen LogP contribution is -2.16. The Hall–Kier alpha value is -1.31. The number of rotatable bonds is 13. The smallest absolute Gasteiger partial charge is 0.334 e. The van der Waals surface area contributed by atoms with Crippen LogP contribution in [0.5, 0.6) is 0 Å². The maximum absolute atomic E-state index is 11.7. The molecule has 0 saturated carbocycles. The molecule has 0 unspecified atom stereocenters. The Kier molecular flexibility index (Phi) is 9.61. The van der Waals surface area contributed by atoms with Crippen molar-refractivity contribution in [1.82, 2.24) is 0 Å². The lowest BCUT2D eigenvalue weighted by molar-refractivity contribution is -0.139. The van der Waals surface area contributed by atoms with Gasteiger partial charge in [0.05, 0.1) is 0 Å². The van der Waals surface area contributed by atoms with Crippen LogP contribution in [-0.4, -0.2) is 12.1 Å². The fourth-order valence-corrected chi connectivity index (χ4v) is 3.11. The minimum absolute atomic E-state index is 0.0666. The molecule has 0 aliphatic carbocycles. The van der Waals surface area contributed by atoms with Gasteiger partial charge in [-0.25, -0.2) is 4.79 Å². The van der Waals surface area contributed by atoms with E-state index in [2.05, 4.69) is 19.7 Å². The number of carbonyl (C=O) groups is 1. The van der Waals surface area contributed by atoms with Crippen LogP contribution in [-0.2, 0) is 9.53 Å². The van der Waals surface area contributed by atoms with Gasteiger partial charge in [0.25, 0.3) is 0 Å². The Balaban J connectivity index is 2.23. The molecule has 1 fully saturated rings. The molecule has 0 aromatic heterocycles. The average molecular weight is 304 g/mol. The van der Waals surface area contributed by atoms with Crippen LogP contribution >= 0.6 is 0 Å². The van der Waals surface area contributed by atoms with Crippen LogP contribution in [0.4, 0.5) is 0 Å². The van der Waals surface area contributed by atoms with Crippen molar-refractivity contribution < 1.29 is 9.53 Å². The number of hydrogen-bond acceptors (Lipinski definition) is 2. The van der Waals surface area contributed by atoms with Crippen LogP contribution in [0.3, 0.4) is 0 Å². The van der Waals surface area contributed by atoms with Crippen molar-refractivity contribution in [3.63, 3.8) is 0 Å². The monoisotopic (exact) mass is 304 g/mol. The minimum atomic E-state index is -0.176. The van der Waals surface area contributed by atoms with E-state index in [1.807, 2.05) is 12.2 Å². The van der Waals surface area contributed by atoms with E-state index >= 15 is 0 Å². The molecule has 0 N–H and O–H groups in total. The van der Waals surface area contributed by atoms with Crippen LogP contribution < -0.4 is 0 Å². The van der Waals surface area contributed by atoms with E-state index in [1.54, 1.807) is 0 Å². The second-order valence-corrected chi connectivity index (χ2v) is 6.28. The van der Waals surface area contributed by atoms with Crippen molar-refractivity contribution >= 4 is 5.97 Å². The fraction of sp³-hybridized carbons (Fsp3) is 0.650. The van der Waals surface area contributed by atoms with Gasteiger partial charge in [-0.15, -0.1) is 13.2 Å². The van der Waals surface area contributed by atoms with Crippen LogP contribution in [0.15, 0.2) is 37.5 Å². The Labute approximate surface area is 136 Å². The highest BCUT2D eigenvalue weighted by Crippen LogP contribution is 2.34. The number of unbranched alkanes of at least 4 members (excludes halogenated alkanes) is 7. The lowest BCUT2D eigenvalue weighted by atomic mass is 9.88. The number of esters is 1. The summed E-state index contributed by atoms with van der Waals surface area (Å²) in [6, 6.07) is 0. The Bertz CT molecular complexity index is 370. The zero-order chi connectivity index (χ0) is 16.2. The number of ether oxygens (including phenoxy) is 1. The third-order valence-electron chi connectivity index (χ3n) is 4.49. The first-order valence-electron chi connectivity index (χ1n) is 8.82. The SMILES string of the molecule is C=CCCCCCCC[C@@H]1OC(=O)C(=C)[C@@H]1CCCCC=C. The molecule has 2 nitrogen and oxygen atoms in total. The van der Waals surface area contributed by atoms with E-state index in [4.69, 9.17) is 4.74 Å². The van der Waals surface area contributed by atoms with Crippen LogP contribution in [0.1, 0.15) is 70.6 Å². The van der Waals surface area contributed by atoms with Gasteiger partial charge in [-0.3, -0.25) is 0 Å². The van der Waals surface area contributed by atoms with Crippen molar-refractivity contribution in [2.45, 2.75) is 76.7 Å². The molecule has 0 aromatic carbocycles.